The molecule has 0 bridgehead atoms. The minimum atomic E-state index is 0. The molecular weight excluding hydrogens is 481 g/mol. The Hall–Kier alpha value is -1.19. The standard InChI is InChI=1S/C21H33N5S.HI/c1-5-19-15-24-20(27-19)12-13-23-21(22-4)25-14-17-8-10-18(11-9-17)16-26(6-2)7-3;/h8-11,15H,5-7,12-14,16H2,1-4H3,(H2,22,23,25);1H. The van der Waals surface area contributed by atoms with E-state index in [4.69, 9.17) is 0 Å². The normalized spacial score (nSPS) is 11.4. The van der Waals surface area contributed by atoms with E-state index in [1.165, 1.54) is 21.0 Å². The number of nitrogens with one attached hydrogen (secondary N) is 2. The molecule has 0 fully saturated rings. The Labute approximate surface area is 191 Å². The van der Waals surface area contributed by atoms with E-state index >= 15 is 0 Å². The number of hydrogen-bond acceptors (Lipinski definition) is 4. The predicted octanol–water partition coefficient (Wildman–Crippen LogP) is 4.07. The van der Waals surface area contributed by atoms with Gasteiger partial charge in [-0.15, -0.1) is 35.3 Å². The molecular formula is C21H34IN5S. The van der Waals surface area contributed by atoms with Gasteiger partial charge < -0.3 is 10.6 Å². The summed E-state index contributed by atoms with van der Waals surface area (Å²) in [5.74, 6) is 0.828. The highest BCUT2D eigenvalue weighted by Gasteiger charge is 2.04. The maximum absolute atomic E-state index is 4.46. The summed E-state index contributed by atoms with van der Waals surface area (Å²) in [6.07, 6.45) is 3.96. The number of aromatic nitrogens is 1. The average molecular weight is 516 g/mol. The molecule has 2 rings (SSSR count). The van der Waals surface area contributed by atoms with Crippen molar-refractivity contribution in [1.82, 2.24) is 20.5 Å². The third-order valence-electron chi connectivity index (χ3n) is 4.59. The molecule has 0 saturated carbocycles. The zero-order chi connectivity index (χ0) is 19.5. The van der Waals surface area contributed by atoms with Crippen LogP contribution in [0.1, 0.15) is 41.8 Å². The van der Waals surface area contributed by atoms with Crippen molar-refractivity contribution >= 4 is 41.3 Å². The SMILES string of the molecule is CCc1cnc(CCNC(=NC)NCc2ccc(CN(CC)CC)cc2)s1.I. The van der Waals surface area contributed by atoms with Gasteiger partial charge in [0.05, 0.1) is 5.01 Å². The van der Waals surface area contributed by atoms with Crippen LogP contribution in [0.3, 0.4) is 0 Å². The van der Waals surface area contributed by atoms with Crippen LogP contribution in [0.2, 0.25) is 0 Å². The topological polar surface area (TPSA) is 52.6 Å². The van der Waals surface area contributed by atoms with Crippen molar-refractivity contribution in [3.8, 4) is 0 Å². The summed E-state index contributed by atoms with van der Waals surface area (Å²) in [5.41, 5.74) is 2.62. The first-order valence-electron chi connectivity index (χ1n) is 9.86. The van der Waals surface area contributed by atoms with Crippen LogP contribution < -0.4 is 10.6 Å². The Balaban J connectivity index is 0.00000392. The number of thiazole rings is 1. The minimum absolute atomic E-state index is 0. The Morgan fingerprint density at radius 3 is 2.32 bits per heavy atom. The number of guanidine groups is 1. The van der Waals surface area contributed by atoms with Gasteiger partial charge in [-0.05, 0) is 30.6 Å². The molecule has 0 atom stereocenters. The lowest BCUT2D eigenvalue weighted by Crippen LogP contribution is -2.37. The van der Waals surface area contributed by atoms with Crippen LogP contribution in [0.15, 0.2) is 35.5 Å². The van der Waals surface area contributed by atoms with E-state index in [0.29, 0.717) is 0 Å². The summed E-state index contributed by atoms with van der Waals surface area (Å²) < 4.78 is 0. The van der Waals surface area contributed by atoms with Crippen molar-refractivity contribution in [3.05, 3.63) is 51.5 Å². The Bertz CT molecular complexity index is 695. The third-order valence-corrected chi connectivity index (χ3v) is 5.79. The molecule has 0 saturated heterocycles. The van der Waals surface area contributed by atoms with Crippen LogP contribution >= 0.6 is 35.3 Å². The van der Waals surface area contributed by atoms with Crippen LogP contribution in [0, 0.1) is 0 Å². The first kappa shape index (κ1) is 24.8. The second-order valence-electron chi connectivity index (χ2n) is 6.45. The fraction of sp³-hybridized carbons (Fsp3) is 0.524. The second kappa shape index (κ2) is 13.9. The first-order valence-corrected chi connectivity index (χ1v) is 10.7. The monoisotopic (exact) mass is 515 g/mol. The Morgan fingerprint density at radius 2 is 1.75 bits per heavy atom. The van der Waals surface area contributed by atoms with E-state index in [9.17, 15) is 0 Å². The van der Waals surface area contributed by atoms with E-state index in [0.717, 1.165) is 51.5 Å². The largest absolute Gasteiger partial charge is 0.356 e. The molecule has 0 amide bonds. The molecule has 1 aromatic heterocycles. The third kappa shape index (κ3) is 8.45. The maximum Gasteiger partial charge on any atom is 0.191 e. The van der Waals surface area contributed by atoms with Gasteiger partial charge in [0.2, 0.25) is 0 Å². The van der Waals surface area contributed by atoms with E-state index in [2.05, 4.69) is 70.5 Å². The number of benzene rings is 1. The van der Waals surface area contributed by atoms with Gasteiger partial charge in [0.25, 0.3) is 0 Å². The van der Waals surface area contributed by atoms with Crippen LogP contribution in [-0.2, 0) is 25.9 Å². The van der Waals surface area contributed by atoms with Gasteiger partial charge in [0.1, 0.15) is 0 Å². The first-order chi connectivity index (χ1) is 13.2. The molecule has 1 heterocycles. The molecule has 0 spiro atoms. The van der Waals surface area contributed by atoms with Crippen LogP contribution in [0.4, 0.5) is 0 Å². The molecule has 156 valence electrons. The molecule has 0 aliphatic heterocycles. The average Bonchev–Trinajstić information content (AvgIpc) is 3.17. The summed E-state index contributed by atoms with van der Waals surface area (Å²) >= 11 is 1.80. The lowest BCUT2D eigenvalue weighted by Gasteiger charge is -2.18. The highest BCUT2D eigenvalue weighted by atomic mass is 127. The molecule has 0 aliphatic carbocycles. The molecule has 2 aromatic rings. The lowest BCUT2D eigenvalue weighted by atomic mass is 10.1. The highest BCUT2D eigenvalue weighted by molar-refractivity contribution is 14.0. The fourth-order valence-corrected chi connectivity index (χ4v) is 3.65. The highest BCUT2D eigenvalue weighted by Crippen LogP contribution is 2.13. The number of aryl methyl sites for hydroxylation is 1. The van der Waals surface area contributed by atoms with Gasteiger partial charge in [-0.1, -0.05) is 45.0 Å². The number of aliphatic imine (C=N–C) groups is 1. The van der Waals surface area contributed by atoms with E-state index in [1.54, 1.807) is 18.4 Å². The van der Waals surface area contributed by atoms with Crippen LogP contribution in [-0.4, -0.2) is 42.5 Å². The number of nitrogens with zero attached hydrogens (tertiary/aromatic N) is 3. The van der Waals surface area contributed by atoms with Crippen molar-refractivity contribution in [2.45, 2.75) is 46.7 Å². The molecule has 1 aromatic carbocycles. The van der Waals surface area contributed by atoms with Crippen molar-refractivity contribution in [3.63, 3.8) is 0 Å². The van der Waals surface area contributed by atoms with Crippen molar-refractivity contribution < 1.29 is 0 Å². The fourth-order valence-electron chi connectivity index (χ4n) is 2.79. The molecule has 2 N–H and O–H groups in total. The summed E-state index contributed by atoms with van der Waals surface area (Å²) in [6.45, 7) is 11.4. The quantitative estimate of drug-likeness (QED) is 0.285. The Kier molecular flexibility index (Phi) is 12.3. The van der Waals surface area contributed by atoms with Gasteiger partial charge in [-0.3, -0.25) is 9.89 Å². The lowest BCUT2D eigenvalue weighted by molar-refractivity contribution is 0.296. The second-order valence-corrected chi connectivity index (χ2v) is 7.65. The number of hydrogen-bond donors (Lipinski definition) is 2. The molecule has 7 heteroatoms. The molecule has 0 radical (unpaired) electrons. The summed E-state index contributed by atoms with van der Waals surface area (Å²) in [6, 6.07) is 8.83. The smallest absolute Gasteiger partial charge is 0.191 e. The number of rotatable bonds is 10. The van der Waals surface area contributed by atoms with Gasteiger partial charge in [-0.25, -0.2) is 4.98 Å². The van der Waals surface area contributed by atoms with E-state index in [-0.39, 0.29) is 24.0 Å². The molecule has 0 aliphatic rings. The minimum Gasteiger partial charge on any atom is -0.356 e. The summed E-state index contributed by atoms with van der Waals surface area (Å²) in [5, 5.41) is 7.93. The van der Waals surface area contributed by atoms with Crippen molar-refractivity contribution in [2.24, 2.45) is 4.99 Å². The Morgan fingerprint density at radius 1 is 1.07 bits per heavy atom. The van der Waals surface area contributed by atoms with Crippen LogP contribution in [0.5, 0.6) is 0 Å². The summed E-state index contributed by atoms with van der Waals surface area (Å²) in [4.78, 5) is 12.5. The van der Waals surface area contributed by atoms with Crippen LogP contribution in [0.25, 0.3) is 0 Å². The molecule has 5 nitrogen and oxygen atoms in total. The molecule has 28 heavy (non-hydrogen) atoms. The van der Waals surface area contributed by atoms with E-state index < -0.39 is 0 Å². The van der Waals surface area contributed by atoms with E-state index in [1.807, 2.05) is 6.20 Å². The predicted molar refractivity (Wildman–Crippen MR) is 132 cm³/mol. The molecule has 0 unspecified atom stereocenters. The van der Waals surface area contributed by atoms with Gasteiger partial charge in [-0.2, -0.15) is 0 Å². The van der Waals surface area contributed by atoms with Gasteiger partial charge in [0, 0.05) is 44.2 Å². The maximum atomic E-state index is 4.46. The van der Waals surface area contributed by atoms with Crippen molar-refractivity contribution in [2.75, 3.05) is 26.7 Å². The zero-order valence-electron chi connectivity index (χ0n) is 17.5. The van der Waals surface area contributed by atoms with Crippen molar-refractivity contribution in [1.29, 1.82) is 0 Å². The zero-order valence-corrected chi connectivity index (χ0v) is 20.6. The van der Waals surface area contributed by atoms with Gasteiger partial charge >= 0.3 is 0 Å². The number of halogens is 1. The summed E-state index contributed by atoms with van der Waals surface area (Å²) in [7, 11) is 1.81. The van der Waals surface area contributed by atoms with Gasteiger partial charge in [0.15, 0.2) is 5.96 Å².